The maximum Gasteiger partial charge on any atom is 0.332 e. The first-order valence-electron chi connectivity index (χ1n) is 12.9. The van der Waals surface area contributed by atoms with Crippen LogP contribution in [0, 0.1) is 5.82 Å². The van der Waals surface area contributed by atoms with Gasteiger partial charge in [-0.1, -0.05) is 23.7 Å². The average Bonchev–Trinajstić information content (AvgIpc) is 2.96. The molecule has 1 fully saturated rings. The zero-order chi connectivity index (χ0) is 28.2. The molecule has 12 heteroatoms. The molecular weight excluding hydrogens is 543 g/mol. The number of aliphatic hydroxyl groups excluding tert-OH is 1. The first-order valence-corrected chi connectivity index (χ1v) is 13.3. The van der Waals surface area contributed by atoms with E-state index in [1.165, 1.54) is 24.0 Å². The van der Waals surface area contributed by atoms with Crippen molar-refractivity contribution in [3.05, 3.63) is 91.7 Å². The summed E-state index contributed by atoms with van der Waals surface area (Å²) in [6.45, 7) is 1.02. The first kappa shape index (κ1) is 27.9. The Balaban J connectivity index is 1.58. The van der Waals surface area contributed by atoms with Crippen LogP contribution < -0.4 is 16.0 Å². The van der Waals surface area contributed by atoms with E-state index < -0.39 is 23.2 Å². The van der Waals surface area contributed by atoms with E-state index in [-0.39, 0.29) is 40.9 Å². The van der Waals surface area contributed by atoms with E-state index in [9.17, 15) is 19.1 Å². The van der Waals surface area contributed by atoms with Crippen LogP contribution in [0.5, 0.6) is 11.5 Å². The molecule has 0 bridgehead atoms. The highest BCUT2D eigenvalue weighted by atomic mass is 35.5. The maximum absolute atomic E-state index is 13.9. The summed E-state index contributed by atoms with van der Waals surface area (Å²) in [5.74, 6) is -0.586. The van der Waals surface area contributed by atoms with Gasteiger partial charge in [-0.2, -0.15) is 0 Å². The molecule has 5 rings (SSSR count). The lowest BCUT2D eigenvalue weighted by molar-refractivity contribution is -0.163. The summed E-state index contributed by atoms with van der Waals surface area (Å²) in [6, 6.07) is 7.54. The molecule has 2 atom stereocenters. The van der Waals surface area contributed by atoms with Gasteiger partial charge < -0.3 is 19.3 Å². The number of aliphatic hydroxyl groups is 1. The molecule has 0 radical (unpaired) electrons. The number of nitrogens with zero attached hydrogens (tertiary/aromatic N) is 4. The molecule has 210 valence electrons. The standard InChI is InChI=1S/C28H28ClFN4O6/c1-33-26-24(27(36)34(28(33)37)10-4-12-39-22-5-2-3-11-38-22)23(25(35)17-6-8-18(29)9-7-17)21(16-32-26)40-20-13-19(30)14-31-15-20/h6-9,13-16,22,25,35H,2-5,10-12H2,1H3. The number of ether oxygens (including phenoxy) is 3. The monoisotopic (exact) mass is 570 g/mol. The van der Waals surface area contributed by atoms with Gasteiger partial charge in [0.25, 0.3) is 5.56 Å². The molecule has 4 aromatic rings. The third-order valence-corrected chi connectivity index (χ3v) is 6.94. The van der Waals surface area contributed by atoms with E-state index in [0.717, 1.165) is 36.1 Å². The summed E-state index contributed by atoms with van der Waals surface area (Å²) in [5, 5.41) is 12.0. The Morgan fingerprint density at radius 2 is 2.00 bits per heavy atom. The third-order valence-electron chi connectivity index (χ3n) is 6.69. The highest BCUT2D eigenvalue weighted by Gasteiger charge is 2.26. The van der Waals surface area contributed by atoms with Crippen LogP contribution in [-0.2, 0) is 23.1 Å². The first-order chi connectivity index (χ1) is 19.3. The number of aryl methyl sites for hydroxylation is 1. The molecule has 4 heterocycles. The third kappa shape index (κ3) is 5.92. The molecule has 0 spiro atoms. The number of aromatic nitrogens is 4. The second kappa shape index (κ2) is 12.3. The van der Waals surface area contributed by atoms with Crippen LogP contribution in [0.15, 0.2) is 58.5 Å². The van der Waals surface area contributed by atoms with Crippen molar-refractivity contribution < 1.29 is 23.7 Å². The Hall–Kier alpha value is -3.64. The number of rotatable bonds is 9. The van der Waals surface area contributed by atoms with E-state index >= 15 is 0 Å². The molecule has 0 saturated carbocycles. The van der Waals surface area contributed by atoms with E-state index in [0.29, 0.717) is 30.2 Å². The van der Waals surface area contributed by atoms with Crippen LogP contribution in [0.3, 0.4) is 0 Å². The van der Waals surface area contributed by atoms with Crippen molar-refractivity contribution >= 4 is 22.6 Å². The lowest BCUT2D eigenvalue weighted by Gasteiger charge is -2.22. The molecule has 1 aromatic carbocycles. The van der Waals surface area contributed by atoms with Crippen LogP contribution in [-0.4, -0.2) is 43.7 Å². The number of benzene rings is 1. The number of hydrogen-bond acceptors (Lipinski definition) is 8. The van der Waals surface area contributed by atoms with Gasteiger partial charge in [0.2, 0.25) is 0 Å². The predicted molar refractivity (Wildman–Crippen MR) is 145 cm³/mol. The van der Waals surface area contributed by atoms with E-state index in [4.69, 9.17) is 25.8 Å². The fourth-order valence-electron chi connectivity index (χ4n) is 4.67. The molecule has 1 N–H and O–H groups in total. The van der Waals surface area contributed by atoms with Crippen molar-refractivity contribution in [2.75, 3.05) is 13.2 Å². The van der Waals surface area contributed by atoms with Gasteiger partial charge in [0.1, 0.15) is 23.3 Å². The molecule has 1 saturated heterocycles. The van der Waals surface area contributed by atoms with Crippen molar-refractivity contribution in [3.8, 4) is 11.5 Å². The average molecular weight is 571 g/mol. The predicted octanol–water partition coefficient (Wildman–Crippen LogP) is 4.09. The van der Waals surface area contributed by atoms with Gasteiger partial charge in [0.15, 0.2) is 12.0 Å². The van der Waals surface area contributed by atoms with E-state index in [2.05, 4.69) is 9.97 Å². The molecule has 10 nitrogen and oxygen atoms in total. The molecule has 3 aromatic heterocycles. The lowest BCUT2D eigenvalue weighted by atomic mass is 9.98. The molecule has 40 heavy (non-hydrogen) atoms. The molecule has 0 amide bonds. The number of halogens is 2. The van der Waals surface area contributed by atoms with Gasteiger partial charge in [0, 0.05) is 36.9 Å². The Morgan fingerprint density at radius 1 is 1.20 bits per heavy atom. The fraction of sp³-hybridized carbons (Fsp3) is 0.357. The summed E-state index contributed by atoms with van der Waals surface area (Å²) >= 11 is 6.04. The smallest absolute Gasteiger partial charge is 0.332 e. The molecule has 1 aliphatic heterocycles. The highest BCUT2D eigenvalue weighted by molar-refractivity contribution is 6.30. The molecule has 0 aliphatic carbocycles. The SMILES string of the molecule is Cn1c(=O)n(CCCOC2CCCCO2)c(=O)c2c(C(O)c3ccc(Cl)cc3)c(Oc3cncc(F)c3)cnc21. The van der Waals surface area contributed by atoms with Gasteiger partial charge in [-0.15, -0.1) is 0 Å². The van der Waals surface area contributed by atoms with E-state index in [1.807, 2.05) is 0 Å². The zero-order valence-corrected chi connectivity index (χ0v) is 22.5. The fourth-order valence-corrected chi connectivity index (χ4v) is 4.80. The van der Waals surface area contributed by atoms with Gasteiger partial charge in [-0.05, 0) is 43.4 Å². The summed E-state index contributed by atoms with van der Waals surface area (Å²) in [7, 11) is 1.50. The van der Waals surface area contributed by atoms with Crippen LogP contribution in [0.2, 0.25) is 5.02 Å². The maximum atomic E-state index is 13.9. The quantitative estimate of drug-likeness (QED) is 0.299. The van der Waals surface area contributed by atoms with E-state index in [1.54, 1.807) is 24.3 Å². The minimum absolute atomic E-state index is 0.00225. The largest absolute Gasteiger partial charge is 0.454 e. The zero-order valence-electron chi connectivity index (χ0n) is 21.8. The summed E-state index contributed by atoms with van der Waals surface area (Å²) in [4.78, 5) is 35.1. The topological polar surface area (TPSA) is 118 Å². The molecule has 2 unspecified atom stereocenters. The number of pyridine rings is 2. The normalized spacial score (nSPS) is 16.2. The Bertz CT molecular complexity index is 1620. The van der Waals surface area contributed by atoms with Crippen LogP contribution in [0.25, 0.3) is 11.0 Å². The lowest BCUT2D eigenvalue weighted by Crippen LogP contribution is -2.40. The molecule has 1 aliphatic rings. The summed E-state index contributed by atoms with van der Waals surface area (Å²) < 4.78 is 33.4. The van der Waals surface area contributed by atoms with Crippen molar-refractivity contribution in [1.82, 2.24) is 19.1 Å². The highest BCUT2D eigenvalue weighted by Crippen LogP contribution is 2.36. The van der Waals surface area contributed by atoms with Crippen molar-refractivity contribution in [1.29, 1.82) is 0 Å². The summed E-state index contributed by atoms with van der Waals surface area (Å²) in [5.41, 5.74) is -0.664. The van der Waals surface area contributed by atoms with Gasteiger partial charge in [-0.3, -0.25) is 18.9 Å². The second-order valence-electron chi connectivity index (χ2n) is 9.45. The minimum atomic E-state index is -1.37. The van der Waals surface area contributed by atoms with Crippen molar-refractivity contribution in [3.63, 3.8) is 0 Å². The summed E-state index contributed by atoms with van der Waals surface area (Å²) in [6.07, 6.45) is 5.15. The Morgan fingerprint density at radius 3 is 2.73 bits per heavy atom. The molecular formula is C28H28ClFN4O6. The Labute approximate surface area is 233 Å². The van der Waals surface area contributed by atoms with Gasteiger partial charge in [0.05, 0.1) is 30.6 Å². The van der Waals surface area contributed by atoms with Gasteiger partial charge >= 0.3 is 5.69 Å². The Kier molecular flexibility index (Phi) is 8.55. The number of fused-ring (bicyclic) bond motifs is 1. The number of hydrogen-bond donors (Lipinski definition) is 1. The van der Waals surface area contributed by atoms with Crippen LogP contribution in [0.1, 0.15) is 42.9 Å². The van der Waals surface area contributed by atoms with Gasteiger partial charge in [-0.25, -0.2) is 14.2 Å². The van der Waals surface area contributed by atoms with Crippen molar-refractivity contribution in [2.45, 2.75) is 44.6 Å². The minimum Gasteiger partial charge on any atom is -0.454 e. The van der Waals surface area contributed by atoms with Crippen LogP contribution >= 0.6 is 11.6 Å². The van der Waals surface area contributed by atoms with Crippen molar-refractivity contribution in [2.24, 2.45) is 7.05 Å². The van der Waals surface area contributed by atoms with Crippen LogP contribution in [0.4, 0.5) is 4.39 Å². The second-order valence-corrected chi connectivity index (χ2v) is 9.89.